The van der Waals surface area contributed by atoms with E-state index in [2.05, 4.69) is 0 Å². The minimum atomic E-state index is -0.671. The van der Waals surface area contributed by atoms with Crippen molar-refractivity contribution in [3.05, 3.63) is 188 Å². The van der Waals surface area contributed by atoms with Crippen LogP contribution in [0.15, 0.2) is 121 Å². The van der Waals surface area contributed by atoms with Gasteiger partial charge < -0.3 is 162 Å². The van der Waals surface area contributed by atoms with Gasteiger partial charge in [-0.2, -0.15) is 0 Å². The van der Waals surface area contributed by atoms with E-state index in [1.54, 1.807) is 125 Å². The number of esters is 4. The van der Waals surface area contributed by atoms with Crippen LogP contribution < -0.4 is 0 Å². The molecule has 0 aromatic heterocycles. The Morgan fingerprint density at radius 3 is 0.397 bits per heavy atom. The first kappa shape index (κ1) is 127. The van der Waals surface area contributed by atoms with E-state index in [9.17, 15) is 88.8 Å². The molecule has 0 amide bonds. The van der Waals surface area contributed by atoms with Gasteiger partial charge in [0.15, 0.2) is 173 Å². The largest absolute Gasteiger partial charge is 0.508 e. The maximum absolute atomic E-state index is 11.5. The Balaban J connectivity index is 0.000000811. The third-order valence-electron chi connectivity index (χ3n) is 18.8. The van der Waals surface area contributed by atoms with Crippen LogP contribution in [0.5, 0.6) is 161 Å². The van der Waals surface area contributed by atoms with E-state index in [1.807, 2.05) is 27.7 Å². The van der Waals surface area contributed by atoms with Gasteiger partial charge in [-0.15, -0.1) is 0 Å². The molecule has 10 aromatic rings. The molecule has 0 fully saturated rings. The number of aromatic hydroxyl groups is 28. The first-order chi connectivity index (χ1) is 67.2. The van der Waals surface area contributed by atoms with Gasteiger partial charge in [-0.25, -0.2) is 19.2 Å². The lowest BCUT2D eigenvalue weighted by Gasteiger charge is -2.09. The van der Waals surface area contributed by atoms with Gasteiger partial charge in [-0.3, -0.25) is 28.8 Å². The van der Waals surface area contributed by atoms with Crippen molar-refractivity contribution in [2.45, 2.75) is 165 Å². The predicted octanol–water partition coefficient (Wildman–Crippen LogP) is 17.0. The SMILES string of the molecule is CC(C)C(=O)c1cc(O)c(O)c(O)c1.CC(C)C(=O)c1cc(O)c(O)c(O)c1.CC(C)C(=O)c1cc(O)c(O)c(O)c1.CC(C)C(=O)c1cc(O)c(O)c(O)c1.CC(C)COC(=O)c1cc(O)c(O)c(O)c1.CC(C)COC(=O)c1cc(O)c(O)c(O)c1.CC(C)OC(=O)c1cc(O)c(O)c(O)c1.CC(C)OC(=O)c1cc(O)c(O)c(O)c1.Cc1c(O)cc(C(=O)C(C)C)cc1O.Cc1c(O)cc(C(=O)C(C)C)cc1O. The maximum atomic E-state index is 11.5. The number of phenols is 28. The highest BCUT2D eigenvalue weighted by Gasteiger charge is 2.26. The van der Waals surface area contributed by atoms with Crippen molar-refractivity contribution in [1.29, 1.82) is 0 Å². The van der Waals surface area contributed by atoms with Gasteiger partial charge in [-0.1, -0.05) is 111 Å². The van der Waals surface area contributed by atoms with Crippen LogP contribution in [0.4, 0.5) is 0 Å². The molecule has 0 aliphatic rings. The molecule has 0 saturated heterocycles. The van der Waals surface area contributed by atoms with Crippen molar-refractivity contribution in [1.82, 2.24) is 0 Å². The fourth-order valence-corrected chi connectivity index (χ4v) is 10.7. The lowest BCUT2D eigenvalue weighted by molar-refractivity contribution is 0.0366. The summed E-state index contributed by atoms with van der Waals surface area (Å²) in [5.74, 6) is -18.1. The summed E-state index contributed by atoms with van der Waals surface area (Å²) in [7, 11) is 0. The molecule has 0 aliphatic heterocycles. The molecule has 146 heavy (non-hydrogen) atoms. The molecular formula is C104H128O42. The lowest BCUT2D eigenvalue weighted by atomic mass is 9.99. The van der Waals surface area contributed by atoms with Gasteiger partial charge in [0, 0.05) is 80.0 Å². The van der Waals surface area contributed by atoms with Gasteiger partial charge in [0.2, 0.25) is 0 Å². The monoisotopic (exact) mass is 2050 g/mol. The van der Waals surface area contributed by atoms with Crippen LogP contribution in [-0.4, -0.2) is 227 Å². The van der Waals surface area contributed by atoms with Crippen molar-refractivity contribution in [3.63, 3.8) is 0 Å². The summed E-state index contributed by atoms with van der Waals surface area (Å²) in [4.78, 5) is 114. The zero-order valence-corrected chi connectivity index (χ0v) is 84.0. The number of carbonyl (C=O) groups is 10. The zero-order chi connectivity index (χ0) is 113. The summed E-state index contributed by atoms with van der Waals surface area (Å²) in [5, 5.41) is 257. The number of Topliss-reactive ketones (excluding diaryl/α,β-unsaturated/α-hetero) is 6. The van der Waals surface area contributed by atoms with Crippen LogP contribution in [0.2, 0.25) is 0 Å². The molecule has 0 radical (unpaired) electrons. The Kier molecular flexibility index (Phi) is 49.8. The Labute approximate surface area is 838 Å². The average Bonchev–Trinajstić information content (AvgIpc) is 0.819. The molecule has 0 atom stereocenters. The van der Waals surface area contributed by atoms with Crippen molar-refractivity contribution in [2.24, 2.45) is 47.3 Å². The number of benzene rings is 10. The van der Waals surface area contributed by atoms with Crippen LogP contribution in [0.3, 0.4) is 0 Å². The standard InChI is InChI=1S/2C11H14O5.2C11H14O3.2C10H12O5.4C10H12O4/c2*1-6(2)5-16-11(15)7-3-8(12)10(14)9(13)4-7;2*1-6(2)11(14)8-4-9(12)7(3)10(13)5-8;2*1-5(2)15-10(14)6-3-7(11)9(13)8(12)4-6;4*1-5(2)9(13)6-3-7(11)10(14)8(12)4-6/h2*3-4,6,12-14H,5H2,1-2H3;2*4-6,12-13H,1-3H3;2*3-5,11-13H,1-2H3;4*3-5,11-12,14H,1-2H3. The quantitative estimate of drug-likeness (QED) is 0.0130. The third-order valence-corrected chi connectivity index (χ3v) is 18.8. The van der Waals surface area contributed by atoms with Gasteiger partial charge >= 0.3 is 23.9 Å². The number of phenolic OH excluding ortho intramolecular Hbond substituents is 28. The molecule has 0 saturated carbocycles. The molecule has 0 unspecified atom stereocenters. The summed E-state index contributed by atoms with van der Waals surface area (Å²) in [6.45, 7) is 38.7. The second kappa shape index (κ2) is 57.4. The number of hydrogen-bond acceptors (Lipinski definition) is 42. The summed E-state index contributed by atoms with van der Waals surface area (Å²) in [5.41, 5.74) is 2.19. The minimum absolute atomic E-state index is 0.00606. The minimum Gasteiger partial charge on any atom is -0.508 e. The van der Waals surface area contributed by atoms with Crippen molar-refractivity contribution < 1.29 is 210 Å². The molecule has 42 nitrogen and oxygen atoms in total. The highest BCUT2D eigenvalue weighted by molar-refractivity contribution is 6.02. The van der Waals surface area contributed by atoms with E-state index >= 15 is 0 Å². The topological polar surface area (TPSA) is 774 Å². The molecule has 42 heteroatoms. The Hall–Kier alpha value is -17.5. The van der Waals surface area contributed by atoms with Crippen LogP contribution in [0.25, 0.3) is 0 Å². The van der Waals surface area contributed by atoms with Crippen molar-refractivity contribution in [2.75, 3.05) is 13.2 Å². The van der Waals surface area contributed by atoms with Crippen LogP contribution in [0.1, 0.15) is 253 Å². The second-order valence-electron chi connectivity index (χ2n) is 35.2. The molecule has 10 aromatic carbocycles. The molecule has 0 aliphatic carbocycles. The van der Waals surface area contributed by atoms with Gasteiger partial charge in [0.1, 0.15) is 23.0 Å². The summed E-state index contributed by atoms with van der Waals surface area (Å²) < 4.78 is 19.5. The number of ether oxygens (including phenoxy) is 4. The highest BCUT2D eigenvalue weighted by Crippen LogP contribution is 2.44. The third kappa shape index (κ3) is 39.5. The van der Waals surface area contributed by atoms with E-state index in [0.717, 1.165) is 97.1 Å². The number of ketones is 6. The Bertz CT molecular complexity index is 5300. The smallest absolute Gasteiger partial charge is 0.338 e. The van der Waals surface area contributed by atoms with Gasteiger partial charge in [0.05, 0.1) is 47.7 Å². The van der Waals surface area contributed by atoms with Crippen LogP contribution in [-0.2, 0) is 18.9 Å². The van der Waals surface area contributed by atoms with E-state index in [0.29, 0.717) is 22.3 Å². The summed E-state index contributed by atoms with van der Waals surface area (Å²) in [6, 6.07) is 22.9. The van der Waals surface area contributed by atoms with Crippen LogP contribution >= 0.6 is 0 Å². The van der Waals surface area contributed by atoms with E-state index < -0.39 is 162 Å². The number of rotatable bonds is 22. The highest BCUT2D eigenvalue weighted by atomic mass is 16.6. The fourth-order valence-electron chi connectivity index (χ4n) is 10.7. The van der Waals surface area contributed by atoms with E-state index in [1.165, 1.54) is 24.3 Å². The van der Waals surface area contributed by atoms with E-state index in [4.69, 9.17) is 121 Å². The second-order valence-corrected chi connectivity index (χ2v) is 35.2. The number of carbonyl (C=O) groups excluding carboxylic acids is 10. The number of hydrogen-bond donors (Lipinski definition) is 28. The molecule has 796 valence electrons. The Morgan fingerprint density at radius 2 is 0.288 bits per heavy atom. The molecule has 0 spiro atoms. The molecule has 0 bridgehead atoms. The molecule has 28 N–H and O–H groups in total. The first-order valence-electron chi connectivity index (χ1n) is 44.3. The molecule has 0 heterocycles. The average molecular weight is 2050 g/mol. The summed E-state index contributed by atoms with van der Waals surface area (Å²) in [6.07, 6.45) is -0.592. The van der Waals surface area contributed by atoms with Crippen molar-refractivity contribution >= 4 is 58.6 Å². The lowest BCUT2D eigenvalue weighted by Crippen LogP contribution is -2.11. The fraction of sp³-hybridized carbons (Fsp3) is 0.327. The zero-order valence-electron chi connectivity index (χ0n) is 84.0. The normalized spacial score (nSPS) is 10.5. The predicted molar refractivity (Wildman–Crippen MR) is 527 cm³/mol. The maximum Gasteiger partial charge on any atom is 0.338 e. The van der Waals surface area contributed by atoms with Gasteiger partial charge in [-0.05, 0) is 175 Å². The molecular weight excluding hydrogens is 1920 g/mol. The Morgan fingerprint density at radius 1 is 0.178 bits per heavy atom. The van der Waals surface area contributed by atoms with Crippen molar-refractivity contribution in [3.8, 4) is 161 Å². The van der Waals surface area contributed by atoms with Crippen LogP contribution in [0, 0.1) is 61.2 Å². The van der Waals surface area contributed by atoms with E-state index in [-0.39, 0.29) is 175 Å². The first-order valence-corrected chi connectivity index (χ1v) is 44.3. The summed E-state index contributed by atoms with van der Waals surface area (Å²) >= 11 is 0. The molecule has 10 rings (SSSR count). The van der Waals surface area contributed by atoms with Gasteiger partial charge in [0.25, 0.3) is 0 Å².